The molecule has 0 saturated carbocycles. The van der Waals surface area contributed by atoms with Crippen LogP contribution in [0.1, 0.15) is 10.4 Å². The Hall–Kier alpha value is -1.52. The molecule has 0 aliphatic heterocycles. The average Bonchev–Trinajstić information content (AvgIpc) is 2.08. The van der Waals surface area contributed by atoms with Crippen LogP contribution in [-0.4, -0.2) is 17.3 Å². The zero-order valence-corrected chi connectivity index (χ0v) is 6.30. The number of carbonyl (C=O) groups excluding carboxylic acids is 1. The summed E-state index contributed by atoms with van der Waals surface area (Å²) < 4.78 is 36.2. The molecule has 0 aliphatic carbocycles. The van der Waals surface area contributed by atoms with Crippen LogP contribution in [0.15, 0.2) is 18.2 Å². The molecular weight excluding hydrogens is 185 g/mol. The lowest BCUT2D eigenvalue weighted by atomic mass is 10.1. The highest BCUT2D eigenvalue weighted by molar-refractivity contribution is 6.00. The summed E-state index contributed by atoms with van der Waals surface area (Å²) in [4.78, 5) is 10.6. The first-order chi connectivity index (χ1) is 6.04. The summed E-state index contributed by atoms with van der Waals surface area (Å²) in [6.07, 6.45) is -3.24. The molecule has 2 nitrogen and oxygen atoms in total. The van der Waals surface area contributed by atoms with Crippen molar-refractivity contribution in [1.82, 2.24) is 0 Å². The Morgan fingerprint density at radius 3 is 2.54 bits per heavy atom. The molecule has 1 rings (SSSR count). The highest BCUT2D eigenvalue weighted by Gasteiger charge is 2.22. The molecule has 1 N–H and O–H groups in total. The van der Waals surface area contributed by atoms with Gasteiger partial charge in [-0.3, -0.25) is 4.79 Å². The van der Waals surface area contributed by atoms with Gasteiger partial charge in [0.1, 0.15) is 0 Å². The van der Waals surface area contributed by atoms with Crippen LogP contribution in [0.3, 0.4) is 0 Å². The highest BCUT2D eigenvalue weighted by Crippen LogP contribution is 2.22. The van der Waals surface area contributed by atoms with Crippen molar-refractivity contribution in [1.29, 1.82) is 0 Å². The van der Waals surface area contributed by atoms with Crippen LogP contribution in [-0.2, 0) is 0 Å². The van der Waals surface area contributed by atoms with Crippen LogP contribution in [0.2, 0.25) is 0 Å². The number of phenolic OH excluding ortho intramolecular Hbond substituents is 1. The number of benzene rings is 1. The van der Waals surface area contributed by atoms with Crippen LogP contribution < -0.4 is 0 Å². The number of para-hydroxylation sites is 1. The molecule has 0 bridgehead atoms. The van der Waals surface area contributed by atoms with Gasteiger partial charge in [0, 0.05) is 0 Å². The number of carbonyl (C=O) groups is 1. The Balaban J connectivity index is 3.15. The van der Waals surface area contributed by atoms with E-state index in [1.807, 2.05) is 0 Å². The number of aromatic hydroxyl groups is 1. The van der Waals surface area contributed by atoms with Gasteiger partial charge in [-0.15, -0.1) is 0 Å². The second-order valence-electron chi connectivity index (χ2n) is 2.30. The maximum atomic E-state index is 12.6. The SMILES string of the molecule is O=C(c1cccc(F)c1O)C(F)F. The number of hydrogen-bond donors (Lipinski definition) is 1. The third kappa shape index (κ3) is 1.80. The van der Waals surface area contributed by atoms with Gasteiger partial charge in [0.25, 0.3) is 0 Å². The van der Waals surface area contributed by atoms with Crippen molar-refractivity contribution in [2.24, 2.45) is 0 Å². The first-order valence-corrected chi connectivity index (χ1v) is 3.34. The third-order valence-electron chi connectivity index (χ3n) is 1.45. The van der Waals surface area contributed by atoms with Crippen LogP contribution in [0.4, 0.5) is 13.2 Å². The minimum atomic E-state index is -3.24. The van der Waals surface area contributed by atoms with E-state index < -0.39 is 29.3 Å². The van der Waals surface area contributed by atoms with Gasteiger partial charge in [-0.05, 0) is 12.1 Å². The molecular formula is C8H5F3O2. The van der Waals surface area contributed by atoms with Gasteiger partial charge >= 0.3 is 6.43 Å². The van der Waals surface area contributed by atoms with E-state index in [2.05, 4.69) is 0 Å². The summed E-state index contributed by atoms with van der Waals surface area (Å²) in [6, 6.07) is 2.88. The van der Waals surface area contributed by atoms with Crippen molar-refractivity contribution in [3.05, 3.63) is 29.6 Å². The Morgan fingerprint density at radius 2 is 2.00 bits per heavy atom. The molecule has 0 saturated heterocycles. The topological polar surface area (TPSA) is 37.3 Å². The predicted octanol–water partition coefficient (Wildman–Crippen LogP) is 1.98. The summed E-state index contributed by atoms with van der Waals surface area (Å²) >= 11 is 0. The Bertz CT molecular complexity index is 336. The average molecular weight is 190 g/mol. The maximum absolute atomic E-state index is 12.6. The Kier molecular flexibility index (Phi) is 2.55. The molecule has 1 aromatic rings. The number of halogens is 3. The quantitative estimate of drug-likeness (QED) is 0.724. The number of ketones is 1. The molecule has 0 spiro atoms. The second-order valence-corrected chi connectivity index (χ2v) is 2.30. The fraction of sp³-hybridized carbons (Fsp3) is 0.125. The molecule has 0 fully saturated rings. The summed E-state index contributed by atoms with van der Waals surface area (Å²) in [6.45, 7) is 0. The molecule has 0 unspecified atom stereocenters. The predicted molar refractivity (Wildman–Crippen MR) is 38.4 cm³/mol. The summed E-state index contributed by atoms with van der Waals surface area (Å²) in [5.41, 5.74) is -0.699. The van der Waals surface area contributed by atoms with E-state index in [-0.39, 0.29) is 0 Å². The fourth-order valence-corrected chi connectivity index (χ4v) is 0.832. The second kappa shape index (κ2) is 3.47. The van der Waals surface area contributed by atoms with Crippen LogP contribution in [0.5, 0.6) is 5.75 Å². The number of Topliss-reactive ketones (excluding diaryl/α,β-unsaturated/α-hetero) is 1. The molecule has 0 aliphatic rings. The lowest BCUT2D eigenvalue weighted by Gasteiger charge is -2.02. The Morgan fingerprint density at radius 1 is 1.38 bits per heavy atom. The third-order valence-corrected chi connectivity index (χ3v) is 1.45. The first kappa shape index (κ1) is 9.57. The van der Waals surface area contributed by atoms with E-state index in [0.29, 0.717) is 0 Å². The van der Waals surface area contributed by atoms with Crippen molar-refractivity contribution in [3.8, 4) is 5.75 Å². The van der Waals surface area contributed by atoms with E-state index in [4.69, 9.17) is 5.11 Å². The molecule has 13 heavy (non-hydrogen) atoms. The van der Waals surface area contributed by atoms with Crippen LogP contribution in [0.25, 0.3) is 0 Å². The molecule has 1 aromatic carbocycles. The lowest BCUT2D eigenvalue weighted by molar-refractivity contribution is 0.0675. The van der Waals surface area contributed by atoms with Crippen molar-refractivity contribution < 1.29 is 23.1 Å². The molecule has 0 radical (unpaired) electrons. The first-order valence-electron chi connectivity index (χ1n) is 3.34. The minimum Gasteiger partial charge on any atom is -0.504 e. The standard InChI is InChI=1S/C8H5F3O2/c9-5-3-1-2-4(6(5)12)7(13)8(10)11/h1-3,8,12H. The lowest BCUT2D eigenvalue weighted by Crippen LogP contribution is -2.10. The van der Waals surface area contributed by atoms with Gasteiger partial charge in [0.15, 0.2) is 11.6 Å². The van der Waals surface area contributed by atoms with Gasteiger partial charge in [-0.2, -0.15) is 0 Å². The maximum Gasteiger partial charge on any atom is 0.300 e. The van der Waals surface area contributed by atoms with Crippen molar-refractivity contribution in [2.75, 3.05) is 0 Å². The van der Waals surface area contributed by atoms with Crippen molar-refractivity contribution in [3.63, 3.8) is 0 Å². The molecule has 70 valence electrons. The summed E-state index contributed by atoms with van der Waals surface area (Å²) in [5, 5.41) is 8.89. The van der Waals surface area contributed by atoms with Gasteiger partial charge < -0.3 is 5.11 Å². The van der Waals surface area contributed by atoms with E-state index >= 15 is 0 Å². The van der Waals surface area contributed by atoms with Gasteiger partial charge in [-0.1, -0.05) is 6.07 Å². The molecule has 0 atom stereocenters. The van der Waals surface area contributed by atoms with E-state index in [9.17, 15) is 18.0 Å². The van der Waals surface area contributed by atoms with E-state index in [1.165, 1.54) is 0 Å². The fourth-order valence-electron chi connectivity index (χ4n) is 0.832. The van der Waals surface area contributed by atoms with Crippen LogP contribution >= 0.6 is 0 Å². The van der Waals surface area contributed by atoms with Crippen LogP contribution in [0, 0.1) is 5.82 Å². The van der Waals surface area contributed by atoms with Gasteiger partial charge in [0.05, 0.1) is 5.56 Å². The van der Waals surface area contributed by atoms with E-state index in [0.717, 1.165) is 18.2 Å². The number of alkyl halides is 2. The molecule has 0 amide bonds. The van der Waals surface area contributed by atoms with Gasteiger partial charge in [0.2, 0.25) is 5.78 Å². The Labute approximate surface area is 71.6 Å². The summed E-state index contributed by atoms with van der Waals surface area (Å²) in [7, 11) is 0. The van der Waals surface area contributed by atoms with E-state index in [1.54, 1.807) is 0 Å². The largest absolute Gasteiger partial charge is 0.504 e. The molecule has 5 heteroatoms. The summed E-state index contributed by atoms with van der Waals surface area (Å²) in [5.74, 6) is -3.71. The van der Waals surface area contributed by atoms with Crippen molar-refractivity contribution >= 4 is 5.78 Å². The number of rotatable bonds is 2. The normalized spacial score (nSPS) is 10.5. The smallest absolute Gasteiger partial charge is 0.300 e. The zero-order valence-electron chi connectivity index (χ0n) is 6.30. The zero-order chi connectivity index (χ0) is 10.0. The molecule has 0 heterocycles. The number of phenols is 1. The minimum absolute atomic E-state index is 0.699. The van der Waals surface area contributed by atoms with Gasteiger partial charge in [-0.25, -0.2) is 13.2 Å². The number of hydrogen-bond acceptors (Lipinski definition) is 2. The van der Waals surface area contributed by atoms with Crippen molar-refractivity contribution in [2.45, 2.75) is 6.43 Å². The molecule has 0 aromatic heterocycles. The highest BCUT2D eigenvalue weighted by atomic mass is 19.3. The monoisotopic (exact) mass is 190 g/mol.